The molecule has 0 aliphatic carbocycles. The van der Waals surface area contributed by atoms with E-state index in [1.807, 2.05) is 0 Å². The predicted octanol–water partition coefficient (Wildman–Crippen LogP) is -1.60. The summed E-state index contributed by atoms with van der Waals surface area (Å²) in [5, 5.41) is 34.4. The van der Waals surface area contributed by atoms with Gasteiger partial charge in [-0.05, 0) is 12.0 Å². The lowest BCUT2D eigenvalue weighted by Crippen LogP contribution is -2.58. The van der Waals surface area contributed by atoms with E-state index in [1.165, 1.54) is 12.5 Å². The molecule has 0 radical (unpaired) electrons. The van der Waals surface area contributed by atoms with E-state index in [0.29, 0.717) is 11.3 Å². The van der Waals surface area contributed by atoms with E-state index >= 15 is 0 Å². The first-order valence-corrected chi connectivity index (χ1v) is 11.8. The molecule has 210 valence electrons. The third-order valence-electron chi connectivity index (χ3n) is 5.52. The molecule has 9 N–H and O–H groups in total. The second-order valence-electron chi connectivity index (χ2n) is 8.63. The van der Waals surface area contributed by atoms with E-state index < -0.39 is 72.6 Å². The van der Waals surface area contributed by atoms with Crippen molar-refractivity contribution in [3.8, 4) is 0 Å². The van der Waals surface area contributed by atoms with Crippen LogP contribution in [0.2, 0.25) is 0 Å². The molecule has 1 aromatic heterocycles. The minimum atomic E-state index is -1.53. The van der Waals surface area contributed by atoms with Crippen LogP contribution in [-0.2, 0) is 41.6 Å². The number of aromatic amines is 1. The number of hydrogen-bond acceptors (Lipinski definition) is 8. The van der Waals surface area contributed by atoms with Crippen molar-refractivity contribution in [3.05, 3.63) is 54.1 Å². The number of aliphatic carboxylic acids is 3. The number of carboxylic acids is 3. The van der Waals surface area contributed by atoms with Crippen LogP contribution in [-0.4, -0.2) is 85.1 Å². The highest BCUT2D eigenvalue weighted by Gasteiger charge is 2.31. The standard InChI is InChI=1S/C24H30N6O9/c25-15(10-20(33)34)21(35)29-18(9-14-11-26-12-27-14)23(37)30-17(8-13-4-2-1-3-5-13)22(36)28-16(24(38)39)6-7-19(31)32/h1-5,11-12,15-18H,6-10,25H2,(H,26,27)(H,28,36)(H,29,35)(H,30,37)(H,31,32)(H,33,34)(H,38,39). The van der Waals surface area contributed by atoms with Crippen LogP contribution in [0.3, 0.4) is 0 Å². The number of H-pyrrole nitrogens is 1. The first kappa shape index (κ1) is 30.4. The van der Waals surface area contributed by atoms with Gasteiger partial charge in [0.1, 0.15) is 18.1 Å². The van der Waals surface area contributed by atoms with E-state index in [9.17, 15) is 33.9 Å². The van der Waals surface area contributed by atoms with Gasteiger partial charge >= 0.3 is 17.9 Å². The molecule has 0 saturated carbocycles. The van der Waals surface area contributed by atoms with Gasteiger partial charge in [-0.1, -0.05) is 30.3 Å². The van der Waals surface area contributed by atoms with Gasteiger partial charge in [-0.2, -0.15) is 0 Å². The Kier molecular flexibility index (Phi) is 11.6. The molecule has 2 aromatic rings. The molecule has 1 aromatic carbocycles. The molecule has 0 aliphatic heterocycles. The van der Waals surface area contributed by atoms with Crippen molar-refractivity contribution in [1.29, 1.82) is 0 Å². The van der Waals surface area contributed by atoms with Gasteiger partial charge in [-0.3, -0.25) is 24.0 Å². The van der Waals surface area contributed by atoms with Crippen molar-refractivity contribution >= 4 is 35.6 Å². The third kappa shape index (κ3) is 10.6. The number of aromatic nitrogens is 2. The predicted molar refractivity (Wildman–Crippen MR) is 133 cm³/mol. The van der Waals surface area contributed by atoms with Gasteiger partial charge in [0, 0.05) is 31.2 Å². The largest absolute Gasteiger partial charge is 0.481 e. The topological polar surface area (TPSA) is 254 Å². The number of carboxylic acid groups (broad SMARTS) is 3. The van der Waals surface area contributed by atoms with E-state index in [1.54, 1.807) is 30.3 Å². The van der Waals surface area contributed by atoms with Crippen LogP contribution in [0, 0.1) is 0 Å². The second-order valence-corrected chi connectivity index (χ2v) is 8.63. The number of hydrogen-bond donors (Lipinski definition) is 8. The number of benzene rings is 1. The number of nitrogens with zero attached hydrogens (tertiary/aromatic N) is 1. The number of carbonyl (C=O) groups is 6. The van der Waals surface area contributed by atoms with E-state index in [4.69, 9.17) is 15.9 Å². The second kappa shape index (κ2) is 14.8. The summed E-state index contributed by atoms with van der Waals surface area (Å²) >= 11 is 0. The first-order valence-electron chi connectivity index (χ1n) is 11.8. The number of rotatable bonds is 16. The zero-order valence-corrected chi connectivity index (χ0v) is 20.7. The highest BCUT2D eigenvalue weighted by atomic mass is 16.4. The molecule has 2 rings (SSSR count). The summed E-state index contributed by atoms with van der Waals surface area (Å²) in [6.07, 6.45) is 0.982. The molecule has 3 amide bonds. The molecule has 0 bridgehead atoms. The third-order valence-corrected chi connectivity index (χ3v) is 5.52. The normalized spacial score (nSPS) is 13.8. The van der Waals surface area contributed by atoms with Gasteiger partial charge in [-0.25, -0.2) is 9.78 Å². The fraction of sp³-hybridized carbons (Fsp3) is 0.375. The van der Waals surface area contributed by atoms with Crippen molar-refractivity contribution in [2.45, 2.75) is 56.3 Å². The maximum absolute atomic E-state index is 13.3. The maximum Gasteiger partial charge on any atom is 0.326 e. The molecule has 1 heterocycles. The molecule has 0 aliphatic rings. The summed E-state index contributed by atoms with van der Waals surface area (Å²) in [7, 11) is 0. The average molecular weight is 547 g/mol. The lowest BCUT2D eigenvalue weighted by molar-refractivity contribution is -0.143. The zero-order valence-electron chi connectivity index (χ0n) is 20.7. The molecule has 15 nitrogen and oxygen atoms in total. The van der Waals surface area contributed by atoms with Gasteiger partial charge in [0.05, 0.1) is 18.8 Å². The maximum atomic E-state index is 13.3. The van der Waals surface area contributed by atoms with Crippen molar-refractivity contribution in [1.82, 2.24) is 25.9 Å². The monoisotopic (exact) mass is 546 g/mol. The number of nitrogens with one attached hydrogen (secondary N) is 4. The summed E-state index contributed by atoms with van der Waals surface area (Å²) in [6.45, 7) is 0. The number of imidazole rings is 1. The Labute approximate surface area is 222 Å². The van der Waals surface area contributed by atoms with Crippen LogP contribution >= 0.6 is 0 Å². The SMILES string of the molecule is NC(CC(=O)O)C(=O)NC(Cc1cnc[nH]1)C(=O)NC(Cc1ccccc1)C(=O)NC(CCC(=O)O)C(=O)O. The van der Waals surface area contributed by atoms with Gasteiger partial charge in [-0.15, -0.1) is 0 Å². The lowest BCUT2D eigenvalue weighted by atomic mass is 10.0. The number of carbonyl (C=O) groups excluding carboxylic acids is 3. The smallest absolute Gasteiger partial charge is 0.326 e. The average Bonchev–Trinajstić information content (AvgIpc) is 3.38. The van der Waals surface area contributed by atoms with Crippen LogP contribution in [0.4, 0.5) is 0 Å². The molecule has 0 fully saturated rings. The van der Waals surface area contributed by atoms with Crippen LogP contribution in [0.25, 0.3) is 0 Å². The van der Waals surface area contributed by atoms with Gasteiger partial charge < -0.3 is 42.0 Å². The Morgan fingerprint density at radius 2 is 1.41 bits per heavy atom. The molecule has 39 heavy (non-hydrogen) atoms. The minimum Gasteiger partial charge on any atom is -0.481 e. The lowest BCUT2D eigenvalue weighted by Gasteiger charge is -2.25. The molecule has 4 unspecified atom stereocenters. The molecular weight excluding hydrogens is 516 g/mol. The number of nitrogens with two attached hydrogens (primary N) is 1. The summed E-state index contributed by atoms with van der Waals surface area (Å²) < 4.78 is 0. The molecule has 15 heteroatoms. The van der Waals surface area contributed by atoms with Gasteiger partial charge in [0.15, 0.2) is 0 Å². The van der Waals surface area contributed by atoms with E-state index in [-0.39, 0.29) is 19.3 Å². The fourth-order valence-electron chi connectivity index (χ4n) is 3.51. The molecular formula is C24H30N6O9. The minimum absolute atomic E-state index is 0.0626. The molecule has 0 spiro atoms. The van der Waals surface area contributed by atoms with Crippen LogP contribution in [0.5, 0.6) is 0 Å². The number of amides is 3. The summed E-state index contributed by atoms with van der Waals surface area (Å²) in [6, 6.07) is 2.88. The molecule has 0 saturated heterocycles. The zero-order chi connectivity index (χ0) is 28.9. The van der Waals surface area contributed by atoms with Gasteiger partial charge in [0.25, 0.3) is 0 Å². The Morgan fingerprint density at radius 3 is 1.95 bits per heavy atom. The van der Waals surface area contributed by atoms with Crippen molar-refractivity contribution in [2.24, 2.45) is 5.73 Å². The van der Waals surface area contributed by atoms with Crippen LogP contribution < -0.4 is 21.7 Å². The first-order chi connectivity index (χ1) is 18.5. The van der Waals surface area contributed by atoms with Crippen molar-refractivity contribution < 1.29 is 44.1 Å². The Balaban J connectivity index is 2.27. The fourth-order valence-corrected chi connectivity index (χ4v) is 3.51. The van der Waals surface area contributed by atoms with Crippen molar-refractivity contribution in [3.63, 3.8) is 0 Å². The van der Waals surface area contributed by atoms with Gasteiger partial charge in [0.2, 0.25) is 17.7 Å². The summed E-state index contributed by atoms with van der Waals surface area (Å²) in [5.41, 5.74) is 6.67. The Morgan fingerprint density at radius 1 is 0.821 bits per heavy atom. The highest BCUT2D eigenvalue weighted by Crippen LogP contribution is 2.08. The van der Waals surface area contributed by atoms with Crippen molar-refractivity contribution in [2.75, 3.05) is 0 Å². The summed E-state index contributed by atoms with van der Waals surface area (Å²) in [4.78, 5) is 78.9. The van der Waals surface area contributed by atoms with Crippen LogP contribution in [0.1, 0.15) is 30.5 Å². The Hall–Kier alpha value is -4.79. The summed E-state index contributed by atoms with van der Waals surface area (Å²) in [5.74, 6) is -6.66. The van der Waals surface area contributed by atoms with Crippen LogP contribution in [0.15, 0.2) is 42.9 Å². The molecule has 4 atom stereocenters. The van der Waals surface area contributed by atoms with E-state index in [0.717, 1.165) is 0 Å². The Bertz CT molecular complexity index is 1160. The van der Waals surface area contributed by atoms with E-state index in [2.05, 4.69) is 25.9 Å². The quantitative estimate of drug-likeness (QED) is 0.119. The highest BCUT2D eigenvalue weighted by molar-refractivity contribution is 5.95.